The molecule has 0 amide bonds. The van der Waals surface area contributed by atoms with E-state index in [-0.39, 0.29) is 5.78 Å². The lowest BCUT2D eigenvalue weighted by Gasteiger charge is -1.98. The summed E-state index contributed by atoms with van der Waals surface area (Å²) in [6, 6.07) is 0. The third-order valence-corrected chi connectivity index (χ3v) is 2.02. The third kappa shape index (κ3) is 7.53. The summed E-state index contributed by atoms with van der Waals surface area (Å²) in [6.07, 6.45) is 10.8. The van der Waals surface area contributed by atoms with Gasteiger partial charge in [-0.05, 0) is 31.8 Å². The molecule has 0 unspecified atom stereocenters. The Hall–Kier alpha value is -1.11. The quantitative estimate of drug-likeness (QED) is 0.324. The minimum absolute atomic E-state index is 0.201. The fourth-order valence-electron chi connectivity index (χ4n) is 1.13. The zero-order valence-electron chi connectivity index (χ0n) is 9.09. The number of hydrogen-bond acceptors (Lipinski definition) is 1. The van der Waals surface area contributed by atoms with Gasteiger partial charge in [0.25, 0.3) is 0 Å². The Bertz CT molecular complexity index is 223. The zero-order chi connectivity index (χ0) is 10.8. The van der Waals surface area contributed by atoms with Crippen LogP contribution in [0, 0.1) is 0 Å². The Labute approximate surface area is 87.2 Å². The van der Waals surface area contributed by atoms with Crippen molar-refractivity contribution < 1.29 is 4.79 Å². The highest BCUT2D eigenvalue weighted by atomic mass is 16.1. The summed E-state index contributed by atoms with van der Waals surface area (Å²) in [7, 11) is 0. The molecule has 0 N–H and O–H groups in total. The van der Waals surface area contributed by atoms with E-state index in [0.717, 1.165) is 25.7 Å². The Morgan fingerprint density at radius 2 is 2.00 bits per heavy atom. The third-order valence-electron chi connectivity index (χ3n) is 2.02. The summed E-state index contributed by atoms with van der Waals surface area (Å²) >= 11 is 0. The van der Waals surface area contributed by atoms with Crippen LogP contribution in [0.4, 0.5) is 0 Å². The minimum atomic E-state index is 0.201. The molecule has 0 rings (SSSR count). The van der Waals surface area contributed by atoms with E-state index in [1.54, 1.807) is 13.0 Å². The van der Waals surface area contributed by atoms with Crippen LogP contribution in [-0.2, 0) is 4.79 Å². The monoisotopic (exact) mass is 192 g/mol. The minimum Gasteiger partial charge on any atom is -0.295 e. The summed E-state index contributed by atoms with van der Waals surface area (Å²) in [5, 5.41) is 0. The molecule has 1 heteroatoms. The van der Waals surface area contributed by atoms with Crippen molar-refractivity contribution in [1.29, 1.82) is 0 Å². The first-order valence-electron chi connectivity index (χ1n) is 5.14. The molecular weight excluding hydrogens is 172 g/mol. The van der Waals surface area contributed by atoms with Gasteiger partial charge in [0, 0.05) is 6.42 Å². The summed E-state index contributed by atoms with van der Waals surface area (Å²) < 4.78 is 0. The van der Waals surface area contributed by atoms with Gasteiger partial charge in [-0.15, -0.1) is 0 Å². The average molecular weight is 192 g/mol. The molecule has 0 heterocycles. The standard InChI is InChI=1S/C13H20O/c1-4-5-6-7-8-9-10-11-13(14)12(2)3/h4-6H,1-2,7-11H2,3H3. The molecule has 0 aliphatic carbocycles. The molecule has 0 aromatic heterocycles. The predicted molar refractivity (Wildman–Crippen MR) is 62.2 cm³/mol. The number of hydrogen-bond donors (Lipinski definition) is 0. The van der Waals surface area contributed by atoms with Gasteiger partial charge < -0.3 is 0 Å². The molecule has 0 saturated carbocycles. The number of Topliss-reactive ketones (excluding diaryl/α,β-unsaturated/α-hetero) is 1. The smallest absolute Gasteiger partial charge is 0.157 e. The lowest BCUT2D eigenvalue weighted by atomic mass is 10.1. The number of rotatable bonds is 8. The van der Waals surface area contributed by atoms with Gasteiger partial charge in [-0.2, -0.15) is 0 Å². The van der Waals surface area contributed by atoms with Gasteiger partial charge in [-0.1, -0.05) is 37.8 Å². The van der Waals surface area contributed by atoms with Crippen LogP contribution in [0.2, 0.25) is 0 Å². The van der Waals surface area contributed by atoms with Crippen LogP contribution in [0.1, 0.15) is 39.0 Å². The summed E-state index contributed by atoms with van der Waals surface area (Å²) in [4.78, 5) is 11.2. The normalized spacial score (nSPS) is 10.4. The predicted octanol–water partition coefficient (Wildman–Crippen LogP) is 3.82. The van der Waals surface area contributed by atoms with Gasteiger partial charge in [0.1, 0.15) is 0 Å². The summed E-state index contributed by atoms with van der Waals surface area (Å²) in [5.74, 6) is 0.201. The molecule has 1 nitrogen and oxygen atoms in total. The van der Waals surface area contributed by atoms with Crippen LogP contribution < -0.4 is 0 Å². The van der Waals surface area contributed by atoms with E-state index in [9.17, 15) is 4.79 Å². The molecule has 14 heavy (non-hydrogen) atoms. The van der Waals surface area contributed by atoms with E-state index in [4.69, 9.17) is 0 Å². The van der Waals surface area contributed by atoms with Crippen molar-refractivity contribution >= 4 is 5.78 Å². The fourth-order valence-corrected chi connectivity index (χ4v) is 1.13. The first-order chi connectivity index (χ1) is 6.68. The molecule has 0 fully saturated rings. The second kappa shape index (κ2) is 8.49. The van der Waals surface area contributed by atoms with E-state index in [2.05, 4.69) is 19.2 Å². The lowest BCUT2D eigenvalue weighted by Crippen LogP contribution is -1.97. The van der Waals surface area contributed by atoms with E-state index >= 15 is 0 Å². The van der Waals surface area contributed by atoms with Gasteiger partial charge in [0.05, 0.1) is 0 Å². The molecular formula is C13H20O. The number of ketones is 1. The highest BCUT2D eigenvalue weighted by Gasteiger charge is 2.00. The zero-order valence-corrected chi connectivity index (χ0v) is 9.09. The molecule has 0 aliphatic rings. The van der Waals surface area contributed by atoms with Crippen LogP contribution >= 0.6 is 0 Å². The van der Waals surface area contributed by atoms with Gasteiger partial charge in [0.15, 0.2) is 5.78 Å². The van der Waals surface area contributed by atoms with Crippen LogP contribution in [0.3, 0.4) is 0 Å². The summed E-state index contributed by atoms with van der Waals surface area (Å²) in [6.45, 7) is 8.99. The Morgan fingerprint density at radius 3 is 2.57 bits per heavy atom. The molecule has 0 saturated heterocycles. The van der Waals surface area contributed by atoms with Crippen molar-refractivity contribution in [3.63, 3.8) is 0 Å². The van der Waals surface area contributed by atoms with Gasteiger partial charge in [-0.25, -0.2) is 0 Å². The van der Waals surface area contributed by atoms with Gasteiger partial charge in [0.2, 0.25) is 0 Å². The molecule has 0 aromatic carbocycles. The van der Waals surface area contributed by atoms with E-state index in [1.807, 2.05) is 6.08 Å². The highest BCUT2D eigenvalue weighted by molar-refractivity contribution is 5.93. The Balaban J connectivity index is 3.30. The largest absolute Gasteiger partial charge is 0.295 e. The van der Waals surface area contributed by atoms with Crippen LogP contribution in [0.25, 0.3) is 0 Å². The molecule has 0 aromatic rings. The topological polar surface area (TPSA) is 17.1 Å². The molecule has 0 radical (unpaired) electrons. The first-order valence-corrected chi connectivity index (χ1v) is 5.14. The maximum absolute atomic E-state index is 11.2. The maximum Gasteiger partial charge on any atom is 0.157 e. The molecule has 0 bridgehead atoms. The Morgan fingerprint density at radius 1 is 1.29 bits per heavy atom. The molecule has 0 atom stereocenters. The van der Waals surface area contributed by atoms with Crippen molar-refractivity contribution in [2.45, 2.75) is 39.0 Å². The molecule has 78 valence electrons. The second-order valence-electron chi connectivity index (χ2n) is 3.47. The van der Waals surface area contributed by atoms with Gasteiger partial charge >= 0.3 is 0 Å². The maximum atomic E-state index is 11.2. The van der Waals surface area contributed by atoms with Gasteiger partial charge in [-0.3, -0.25) is 4.79 Å². The number of unbranched alkanes of at least 4 members (excludes halogenated alkanes) is 3. The number of carbonyl (C=O) groups excluding carboxylic acids is 1. The summed E-state index contributed by atoms with van der Waals surface area (Å²) in [5.41, 5.74) is 0.677. The van der Waals surface area contributed by atoms with E-state index in [1.165, 1.54) is 0 Å². The lowest BCUT2D eigenvalue weighted by molar-refractivity contribution is -0.115. The van der Waals surface area contributed by atoms with Crippen LogP contribution in [0.15, 0.2) is 37.0 Å². The molecule has 0 aliphatic heterocycles. The van der Waals surface area contributed by atoms with Crippen molar-refractivity contribution in [1.82, 2.24) is 0 Å². The van der Waals surface area contributed by atoms with E-state index in [0.29, 0.717) is 12.0 Å². The SMILES string of the molecule is C=CC=CCCCCCC(=O)C(=C)C. The van der Waals surface area contributed by atoms with Crippen molar-refractivity contribution in [2.75, 3.05) is 0 Å². The number of carbonyl (C=O) groups is 1. The van der Waals surface area contributed by atoms with Crippen molar-refractivity contribution in [2.24, 2.45) is 0 Å². The van der Waals surface area contributed by atoms with Crippen LogP contribution in [-0.4, -0.2) is 5.78 Å². The first kappa shape index (κ1) is 12.9. The van der Waals surface area contributed by atoms with Crippen molar-refractivity contribution in [3.05, 3.63) is 37.0 Å². The highest BCUT2D eigenvalue weighted by Crippen LogP contribution is 2.06. The fraction of sp³-hybridized carbons (Fsp3) is 0.462. The number of allylic oxidation sites excluding steroid dienone is 4. The van der Waals surface area contributed by atoms with Crippen molar-refractivity contribution in [3.8, 4) is 0 Å². The second-order valence-corrected chi connectivity index (χ2v) is 3.47. The Kier molecular flexibility index (Phi) is 7.81. The van der Waals surface area contributed by atoms with Crippen LogP contribution in [0.5, 0.6) is 0 Å². The average Bonchev–Trinajstić information content (AvgIpc) is 2.16. The van der Waals surface area contributed by atoms with E-state index < -0.39 is 0 Å². The molecule has 0 spiro atoms.